The van der Waals surface area contributed by atoms with Crippen LogP contribution in [0.15, 0.2) is 66.7 Å². The minimum Gasteiger partial charge on any atom is -0.508 e. The molecule has 0 bridgehead atoms. The fourth-order valence-corrected chi connectivity index (χ4v) is 4.60. The van der Waals surface area contributed by atoms with Crippen molar-refractivity contribution in [2.24, 2.45) is 0 Å². The second-order valence-corrected chi connectivity index (χ2v) is 9.53. The molecule has 3 N–H and O–H groups in total. The number of hydrogen-bond donors (Lipinski definition) is 3. The summed E-state index contributed by atoms with van der Waals surface area (Å²) in [5.74, 6) is 0.489. The van der Waals surface area contributed by atoms with E-state index in [-0.39, 0.29) is 17.7 Å². The molecule has 1 saturated heterocycles. The van der Waals surface area contributed by atoms with E-state index in [1.807, 2.05) is 62.4 Å². The van der Waals surface area contributed by atoms with Crippen molar-refractivity contribution in [3.8, 4) is 17.0 Å². The number of benzene rings is 3. The minimum absolute atomic E-state index is 0.148. The first-order valence-electron chi connectivity index (χ1n) is 12.5. The van der Waals surface area contributed by atoms with Crippen LogP contribution < -0.4 is 15.5 Å². The lowest BCUT2D eigenvalue weighted by molar-refractivity contribution is 0.102. The summed E-state index contributed by atoms with van der Waals surface area (Å²) < 4.78 is 0. The van der Waals surface area contributed by atoms with Crippen molar-refractivity contribution in [3.05, 3.63) is 72.3 Å². The lowest BCUT2D eigenvalue weighted by Crippen LogP contribution is -2.29. The Morgan fingerprint density at radius 3 is 2.56 bits per heavy atom. The quantitative estimate of drug-likeness (QED) is 0.310. The Hall–Kier alpha value is -4.13. The molecule has 7 heteroatoms. The number of carbonyl (C=O) groups is 1. The zero-order valence-corrected chi connectivity index (χ0v) is 20.7. The first-order chi connectivity index (χ1) is 17.5. The Kier molecular flexibility index (Phi) is 6.71. The largest absolute Gasteiger partial charge is 0.508 e. The van der Waals surface area contributed by atoms with Gasteiger partial charge in [0.1, 0.15) is 5.75 Å². The van der Waals surface area contributed by atoms with Crippen molar-refractivity contribution in [2.75, 3.05) is 28.6 Å². The average molecular weight is 482 g/mol. The molecule has 4 aromatic rings. The molecule has 0 spiro atoms. The summed E-state index contributed by atoms with van der Waals surface area (Å²) >= 11 is 0. The molecular formula is C29H31N5O2. The molecule has 1 aromatic heterocycles. The normalized spacial score (nSPS) is 13.7. The summed E-state index contributed by atoms with van der Waals surface area (Å²) in [6.45, 7) is 6.11. The van der Waals surface area contributed by atoms with E-state index in [4.69, 9.17) is 4.98 Å². The predicted molar refractivity (Wildman–Crippen MR) is 146 cm³/mol. The zero-order chi connectivity index (χ0) is 25.1. The van der Waals surface area contributed by atoms with Gasteiger partial charge in [0.25, 0.3) is 5.91 Å². The van der Waals surface area contributed by atoms with Gasteiger partial charge in [-0.1, -0.05) is 18.2 Å². The molecule has 1 amide bonds. The minimum atomic E-state index is -0.148. The highest BCUT2D eigenvalue weighted by atomic mass is 16.3. The number of amides is 1. The second kappa shape index (κ2) is 10.2. The number of nitrogens with one attached hydrogen (secondary N) is 2. The fourth-order valence-electron chi connectivity index (χ4n) is 4.60. The van der Waals surface area contributed by atoms with E-state index >= 15 is 0 Å². The van der Waals surface area contributed by atoms with Crippen LogP contribution in [0.4, 0.5) is 17.3 Å². The third kappa shape index (κ3) is 5.25. The summed E-state index contributed by atoms with van der Waals surface area (Å²) in [5, 5.41) is 17.1. The van der Waals surface area contributed by atoms with E-state index in [0.717, 1.165) is 35.4 Å². The molecule has 0 radical (unpaired) electrons. The molecule has 2 heterocycles. The van der Waals surface area contributed by atoms with Crippen LogP contribution in [0.25, 0.3) is 22.2 Å². The maximum atomic E-state index is 13.1. The number of phenolic OH excluding ortho intramolecular Hbond substituents is 1. The van der Waals surface area contributed by atoms with Crippen molar-refractivity contribution in [1.29, 1.82) is 0 Å². The van der Waals surface area contributed by atoms with Crippen molar-refractivity contribution in [1.82, 2.24) is 9.97 Å². The molecule has 0 unspecified atom stereocenters. The number of rotatable bonds is 6. The molecule has 1 fully saturated rings. The lowest BCUT2D eigenvalue weighted by atomic mass is 10.1. The highest BCUT2D eigenvalue weighted by molar-refractivity contribution is 6.05. The van der Waals surface area contributed by atoms with Gasteiger partial charge in [0.05, 0.1) is 11.2 Å². The molecule has 7 nitrogen and oxygen atoms in total. The van der Waals surface area contributed by atoms with Crippen LogP contribution in [0, 0.1) is 0 Å². The number of aromatic hydroxyl groups is 1. The monoisotopic (exact) mass is 481 g/mol. The highest BCUT2D eigenvalue weighted by Crippen LogP contribution is 2.31. The first kappa shape index (κ1) is 23.6. The number of aromatic nitrogens is 2. The maximum absolute atomic E-state index is 13.1. The smallest absolute Gasteiger partial charge is 0.255 e. The summed E-state index contributed by atoms with van der Waals surface area (Å²) in [5.41, 5.74) is 4.63. The highest BCUT2D eigenvalue weighted by Gasteiger charge is 2.15. The van der Waals surface area contributed by atoms with Crippen molar-refractivity contribution in [3.63, 3.8) is 0 Å². The van der Waals surface area contributed by atoms with E-state index in [9.17, 15) is 9.90 Å². The topological polar surface area (TPSA) is 90.4 Å². The summed E-state index contributed by atoms with van der Waals surface area (Å²) in [6.07, 6.45) is 3.65. The Labute approximate surface area is 211 Å². The number of phenols is 1. The van der Waals surface area contributed by atoms with Gasteiger partial charge in [-0.2, -0.15) is 0 Å². The van der Waals surface area contributed by atoms with Gasteiger partial charge in [-0.25, -0.2) is 9.97 Å². The lowest BCUT2D eigenvalue weighted by Gasteiger charge is -2.29. The van der Waals surface area contributed by atoms with Crippen LogP contribution in [-0.4, -0.2) is 40.1 Å². The molecule has 184 valence electrons. The van der Waals surface area contributed by atoms with Crippen molar-refractivity contribution < 1.29 is 9.90 Å². The number of fused-ring (bicyclic) bond motifs is 1. The number of nitrogens with zero attached hydrogens (tertiary/aromatic N) is 3. The number of piperidine rings is 1. The van der Waals surface area contributed by atoms with E-state index in [2.05, 4.69) is 26.6 Å². The van der Waals surface area contributed by atoms with Crippen LogP contribution in [0.3, 0.4) is 0 Å². The Balaban J connectivity index is 1.44. The van der Waals surface area contributed by atoms with Gasteiger partial charge < -0.3 is 20.6 Å². The molecule has 1 aliphatic rings. The Bertz CT molecular complexity index is 1400. The Morgan fingerprint density at radius 1 is 0.944 bits per heavy atom. The van der Waals surface area contributed by atoms with Crippen molar-refractivity contribution >= 4 is 34.1 Å². The predicted octanol–water partition coefficient (Wildman–Crippen LogP) is 6.07. The maximum Gasteiger partial charge on any atom is 0.255 e. The van der Waals surface area contributed by atoms with Crippen LogP contribution in [0.5, 0.6) is 5.75 Å². The van der Waals surface area contributed by atoms with Crippen LogP contribution in [0.2, 0.25) is 0 Å². The van der Waals surface area contributed by atoms with Gasteiger partial charge in [0.2, 0.25) is 5.95 Å². The number of carbonyl (C=O) groups excluding carboxylic acids is 1. The summed E-state index contributed by atoms with van der Waals surface area (Å²) in [4.78, 5) is 24.8. The second-order valence-electron chi connectivity index (χ2n) is 9.53. The van der Waals surface area contributed by atoms with Gasteiger partial charge in [-0.05, 0) is 75.6 Å². The van der Waals surface area contributed by atoms with E-state index in [0.29, 0.717) is 22.7 Å². The van der Waals surface area contributed by atoms with Gasteiger partial charge >= 0.3 is 0 Å². The van der Waals surface area contributed by atoms with E-state index in [1.165, 1.54) is 19.3 Å². The first-order valence-corrected chi connectivity index (χ1v) is 12.5. The molecule has 5 rings (SSSR count). The summed E-state index contributed by atoms with van der Waals surface area (Å²) in [6, 6.07) is 20.7. The van der Waals surface area contributed by atoms with Gasteiger partial charge in [0, 0.05) is 53.1 Å². The fraction of sp³-hybridized carbons (Fsp3) is 0.276. The SMILES string of the molecule is CC(C)Nc1nc(-c2cccc(NC(=O)c3cccc(N4CCCCC4)c3)c2)c2ccc(O)cc2n1. The van der Waals surface area contributed by atoms with Gasteiger partial charge in [0.15, 0.2) is 0 Å². The van der Waals surface area contributed by atoms with Crippen LogP contribution >= 0.6 is 0 Å². The van der Waals surface area contributed by atoms with E-state index < -0.39 is 0 Å². The number of hydrogen-bond acceptors (Lipinski definition) is 6. The van der Waals surface area contributed by atoms with Gasteiger partial charge in [-0.3, -0.25) is 4.79 Å². The molecule has 3 aromatic carbocycles. The third-order valence-corrected chi connectivity index (χ3v) is 6.32. The zero-order valence-electron chi connectivity index (χ0n) is 20.7. The van der Waals surface area contributed by atoms with Gasteiger partial charge in [-0.15, -0.1) is 0 Å². The molecule has 0 aliphatic carbocycles. The average Bonchev–Trinajstić information content (AvgIpc) is 2.88. The molecule has 1 aliphatic heterocycles. The van der Waals surface area contributed by atoms with Crippen molar-refractivity contribution in [2.45, 2.75) is 39.2 Å². The molecule has 36 heavy (non-hydrogen) atoms. The molecule has 0 atom stereocenters. The Morgan fingerprint density at radius 2 is 1.75 bits per heavy atom. The number of anilines is 3. The molecular weight excluding hydrogens is 450 g/mol. The third-order valence-electron chi connectivity index (χ3n) is 6.32. The van der Waals surface area contributed by atoms with E-state index in [1.54, 1.807) is 12.1 Å². The van der Waals surface area contributed by atoms with Crippen LogP contribution in [-0.2, 0) is 0 Å². The molecule has 0 saturated carbocycles. The summed E-state index contributed by atoms with van der Waals surface area (Å²) in [7, 11) is 0. The van der Waals surface area contributed by atoms with Crippen LogP contribution in [0.1, 0.15) is 43.5 Å². The standard InChI is InChI=1S/C29H31N5O2/c1-19(2)30-29-32-26-18-24(35)12-13-25(26)27(33-29)20-8-6-10-22(16-20)31-28(36)21-9-7-11-23(17-21)34-14-4-3-5-15-34/h6-13,16-19,35H,3-5,14-15H2,1-2H3,(H,31,36)(H,30,32,33).